The summed E-state index contributed by atoms with van der Waals surface area (Å²) >= 11 is 0. The number of carbonyl (C=O) groups is 2. The minimum absolute atomic E-state index is 0.159. The maximum absolute atomic E-state index is 11.5. The van der Waals surface area contributed by atoms with Crippen molar-refractivity contribution < 1.29 is 19.4 Å². The number of benzene rings is 1. The summed E-state index contributed by atoms with van der Waals surface area (Å²) in [6.07, 6.45) is 3.86. The molecule has 4 nitrogen and oxygen atoms in total. The first-order valence-electron chi connectivity index (χ1n) is 5.69. The van der Waals surface area contributed by atoms with E-state index in [1.807, 2.05) is 43.3 Å². The second-order valence-electron chi connectivity index (χ2n) is 3.74. The van der Waals surface area contributed by atoms with Gasteiger partial charge in [0, 0.05) is 6.92 Å². The van der Waals surface area contributed by atoms with E-state index in [1.165, 1.54) is 0 Å². The minimum atomic E-state index is -0.833. The number of rotatable bonds is 2. The highest BCUT2D eigenvalue weighted by Gasteiger charge is 2.24. The van der Waals surface area contributed by atoms with Crippen molar-refractivity contribution in [2.24, 2.45) is 0 Å². The van der Waals surface area contributed by atoms with Gasteiger partial charge in [0.2, 0.25) is 0 Å². The van der Waals surface area contributed by atoms with Gasteiger partial charge in [-0.3, -0.25) is 9.59 Å². The molecule has 1 aliphatic carbocycles. The molecule has 0 aromatic heterocycles. The van der Waals surface area contributed by atoms with Crippen LogP contribution in [0.1, 0.15) is 30.9 Å². The summed E-state index contributed by atoms with van der Waals surface area (Å²) in [7, 11) is 0. The van der Waals surface area contributed by atoms with Crippen molar-refractivity contribution in [3.8, 4) is 0 Å². The van der Waals surface area contributed by atoms with Crippen molar-refractivity contribution in [2.45, 2.75) is 19.8 Å². The molecule has 1 aromatic carbocycles. The second-order valence-corrected chi connectivity index (χ2v) is 3.74. The fourth-order valence-electron chi connectivity index (χ4n) is 1.69. The van der Waals surface area contributed by atoms with Crippen LogP contribution >= 0.6 is 0 Å². The molecule has 0 aliphatic heterocycles. The van der Waals surface area contributed by atoms with E-state index in [4.69, 9.17) is 14.6 Å². The van der Waals surface area contributed by atoms with Gasteiger partial charge in [0.15, 0.2) is 0 Å². The number of aliphatic carboxylic acids is 1. The molecular weight excluding hydrogens is 232 g/mol. The molecule has 1 atom stereocenters. The van der Waals surface area contributed by atoms with E-state index in [0.29, 0.717) is 6.61 Å². The summed E-state index contributed by atoms with van der Waals surface area (Å²) in [5, 5.41) is 7.42. The van der Waals surface area contributed by atoms with Crippen LogP contribution in [-0.4, -0.2) is 23.7 Å². The van der Waals surface area contributed by atoms with Crippen molar-refractivity contribution in [3.63, 3.8) is 0 Å². The number of esters is 1. The predicted molar refractivity (Wildman–Crippen MR) is 68.2 cm³/mol. The Balaban J connectivity index is 0.000000357. The Hall–Kier alpha value is -2.10. The van der Waals surface area contributed by atoms with E-state index in [1.54, 1.807) is 0 Å². The van der Waals surface area contributed by atoms with Gasteiger partial charge in [0.1, 0.15) is 5.92 Å². The van der Waals surface area contributed by atoms with Crippen LogP contribution in [0, 0.1) is 0 Å². The van der Waals surface area contributed by atoms with Crippen molar-refractivity contribution in [2.75, 3.05) is 6.61 Å². The molecule has 0 saturated carbocycles. The van der Waals surface area contributed by atoms with Crippen molar-refractivity contribution >= 4 is 18.0 Å². The van der Waals surface area contributed by atoms with E-state index in [2.05, 4.69) is 0 Å². The highest BCUT2D eigenvalue weighted by Crippen LogP contribution is 2.30. The molecule has 1 unspecified atom stereocenters. The van der Waals surface area contributed by atoms with Gasteiger partial charge in [0.05, 0.1) is 6.61 Å². The molecule has 96 valence electrons. The SMILES string of the molecule is CC(=O)O.CCOC(=O)C1C=Cc2ccccc21. The van der Waals surface area contributed by atoms with Crippen LogP contribution in [0.25, 0.3) is 6.08 Å². The molecule has 0 saturated heterocycles. The van der Waals surface area contributed by atoms with Crippen molar-refractivity contribution in [1.29, 1.82) is 0 Å². The van der Waals surface area contributed by atoms with E-state index in [9.17, 15) is 4.79 Å². The Morgan fingerprint density at radius 3 is 2.56 bits per heavy atom. The molecule has 1 aromatic rings. The fraction of sp³-hybridized carbons (Fsp3) is 0.286. The minimum Gasteiger partial charge on any atom is -0.481 e. The van der Waals surface area contributed by atoms with E-state index >= 15 is 0 Å². The third kappa shape index (κ3) is 3.73. The van der Waals surface area contributed by atoms with Gasteiger partial charge in [-0.1, -0.05) is 36.4 Å². The van der Waals surface area contributed by atoms with Crippen LogP contribution in [0.15, 0.2) is 30.3 Å². The number of ether oxygens (including phenoxy) is 1. The van der Waals surface area contributed by atoms with Crippen LogP contribution in [-0.2, 0) is 14.3 Å². The van der Waals surface area contributed by atoms with Gasteiger partial charge in [-0.05, 0) is 18.1 Å². The summed E-state index contributed by atoms with van der Waals surface area (Å²) in [5.41, 5.74) is 2.16. The van der Waals surface area contributed by atoms with Crippen LogP contribution in [0.3, 0.4) is 0 Å². The van der Waals surface area contributed by atoms with Gasteiger partial charge >= 0.3 is 5.97 Å². The number of carboxylic acid groups (broad SMARTS) is 1. The van der Waals surface area contributed by atoms with Crippen LogP contribution in [0.4, 0.5) is 0 Å². The Kier molecular flexibility index (Phi) is 5.11. The lowest BCUT2D eigenvalue weighted by atomic mass is 10.0. The molecule has 18 heavy (non-hydrogen) atoms. The average molecular weight is 248 g/mol. The smallest absolute Gasteiger partial charge is 0.317 e. The fourth-order valence-corrected chi connectivity index (χ4v) is 1.69. The Labute approximate surface area is 106 Å². The Morgan fingerprint density at radius 2 is 1.94 bits per heavy atom. The number of hydrogen-bond donors (Lipinski definition) is 1. The van der Waals surface area contributed by atoms with Crippen LogP contribution in [0.5, 0.6) is 0 Å². The molecule has 0 heterocycles. The molecule has 0 spiro atoms. The number of hydrogen-bond acceptors (Lipinski definition) is 3. The summed E-state index contributed by atoms with van der Waals surface area (Å²) < 4.78 is 4.99. The monoisotopic (exact) mass is 248 g/mol. The van der Waals surface area contributed by atoms with Crippen molar-refractivity contribution in [1.82, 2.24) is 0 Å². The third-order valence-electron chi connectivity index (χ3n) is 2.34. The van der Waals surface area contributed by atoms with Gasteiger partial charge in [0.25, 0.3) is 5.97 Å². The maximum Gasteiger partial charge on any atom is 0.317 e. The summed E-state index contributed by atoms with van der Waals surface area (Å²) in [6, 6.07) is 7.89. The molecule has 0 fully saturated rings. The predicted octanol–water partition coefficient (Wildman–Crippen LogP) is 2.45. The van der Waals surface area contributed by atoms with E-state index < -0.39 is 5.97 Å². The molecule has 4 heteroatoms. The standard InChI is InChI=1S/C12H12O2.C2H4O2/c1-2-14-12(13)11-8-7-9-5-3-4-6-10(9)11;1-2(3)4/h3-8,11H,2H2,1H3;1H3,(H,3,4). The molecule has 0 bridgehead atoms. The average Bonchev–Trinajstić information content (AvgIpc) is 2.72. The highest BCUT2D eigenvalue weighted by atomic mass is 16.5. The molecule has 0 radical (unpaired) electrons. The topological polar surface area (TPSA) is 63.6 Å². The first kappa shape index (κ1) is 14.0. The third-order valence-corrected chi connectivity index (χ3v) is 2.34. The first-order valence-corrected chi connectivity index (χ1v) is 5.69. The highest BCUT2D eigenvalue weighted by molar-refractivity contribution is 5.86. The summed E-state index contributed by atoms with van der Waals surface area (Å²) in [6.45, 7) is 3.34. The zero-order valence-corrected chi connectivity index (χ0v) is 10.4. The summed E-state index contributed by atoms with van der Waals surface area (Å²) in [5.74, 6) is -1.19. The lowest BCUT2D eigenvalue weighted by molar-refractivity contribution is -0.143. The molecule has 2 rings (SSSR count). The number of carboxylic acids is 1. The van der Waals surface area contributed by atoms with E-state index in [-0.39, 0.29) is 11.9 Å². The van der Waals surface area contributed by atoms with Gasteiger partial charge < -0.3 is 9.84 Å². The lowest BCUT2D eigenvalue weighted by Gasteiger charge is -2.09. The first-order chi connectivity index (χ1) is 8.56. The second kappa shape index (κ2) is 6.59. The normalized spacial score (nSPS) is 15.3. The van der Waals surface area contributed by atoms with Gasteiger partial charge in [-0.2, -0.15) is 0 Å². The Morgan fingerprint density at radius 1 is 1.33 bits per heavy atom. The molecule has 0 amide bonds. The Bertz CT molecular complexity index is 459. The lowest BCUT2D eigenvalue weighted by Crippen LogP contribution is -2.12. The van der Waals surface area contributed by atoms with Crippen molar-refractivity contribution in [3.05, 3.63) is 41.5 Å². The molecular formula is C14H16O4. The maximum atomic E-state index is 11.5. The quantitative estimate of drug-likeness (QED) is 0.816. The van der Waals surface area contributed by atoms with Gasteiger partial charge in [-0.25, -0.2) is 0 Å². The molecule has 1 N–H and O–H groups in total. The van der Waals surface area contributed by atoms with Gasteiger partial charge in [-0.15, -0.1) is 0 Å². The zero-order valence-electron chi connectivity index (χ0n) is 10.4. The van der Waals surface area contributed by atoms with E-state index in [0.717, 1.165) is 18.1 Å². The zero-order chi connectivity index (χ0) is 13.5. The number of fused-ring (bicyclic) bond motifs is 1. The van der Waals surface area contributed by atoms with Crippen LogP contribution in [0.2, 0.25) is 0 Å². The molecule has 1 aliphatic rings. The van der Waals surface area contributed by atoms with Crippen LogP contribution < -0.4 is 0 Å². The number of carbonyl (C=O) groups excluding carboxylic acids is 1. The summed E-state index contributed by atoms with van der Waals surface area (Å²) in [4.78, 5) is 20.5. The largest absolute Gasteiger partial charge is 0.481 e.